The molecule has 1 aromatic carbocycles. The van der Waals surface area contributed by atoms with Gasteiger partial charge in [-0.2, -0.15) is 0 Å². The third-order valence-electron chi connectivity index (χ3n) is 3.56. The molecule has 0 fully saturated rings. The smallest absolute Gasteiger partial charge is 0.224 e. The van der Waals surface area contributed by atoms with Crippen molar-refractivity contribution in [1.29, 1.82) is 0 Å². The van der Waals surface area contributed by atoms with E-state index in [0.29, 0.717) is 6.54 Å². The number of carbonyl (C=O) groups is 1. The molecular formula is C17H24N4O. The average Bonchev–Trinajstić information content (AvgIpc) is 2.94. The van der Waals surface area contributed by atoms with Crippen molar-refractivity contribution in [2.75, 3.05) is 21.1 Å². The highest BCUT2D eigenvalue weighted by Crippen LogP contribution is 2.20. The summed E-state index contributed by atoms with van der Waals surface area (Å²) in [5.41, 5.74) is 2.32. The minimum absolute atomic E-state index is 0.0426. The Labute approximate surface area is 132 Å². The van der Waals surface area contributed by atoms with Crippen LogP contribution in [0.2, 0.25) is 0 Å². The molecule has 2 rings (SSSR count). The molecule has 0 aliphatic rings. The largest absolute Gasteiger partial charge is 0.359 e. The Hall–Kier alpha value is -2.14. The van der Waals surface area contributed by atoms with Gasteiger partial charge in [-0.25, -0.2) is 4.98 Å². The lowest BCUT2D eigenvalue weighted by Gasteiger charge is -2.14. The molecule has 0 spiro atoms. The van der Waals surface area contributed by atoms with E-state index >= 15 is 0 Å². The Morgan fingerprint density at radius 3 is 2.86 bits per heavy atom. The summed E-state index contributed by atoms with van der Waals surface area (Å²) in [4.78, 5) is 18.3. The van der Waals surface area contributed by atoms with Crippen LogP contribution in [0.3, 0.4) is 0 Å². The number of nitrogens with zero attached hydrogens (tertiary/aromatic N) is 3. The van der Waals surface area contributed by atoms with E-state index in [1.54, 1.807) is 13.2 Å². The second-order valence-corrected chi connectivity index (χ2v) is 5.86. The molecule has 5 nitrogen and oxygen atoms in total. The van der Waals surface area contributed by atoms with Crippen LogP contribution in [0.4, 0.5) is 0 Å². The van der Waals surface area contributed by atoms with Gasteiger partial charge in [-0.1, -0.05) is 25.1 Å². The molecule has 22 heavy (non-hydrogen) atoms. The first kappa shape index (κ1) is 16.2. The second kappa shape index (κ2) is 7.22. The van der Waals surface area contributed by atoms with E-state index in [4.69, 9.17) is 0 Å². The molecule has 0 saturated carbocycles. The molecule has 2 aromatic rings. The van der Waals surface area contributed by atoms with Gasteiger partial charge in [-0.05, 0) is 25.7 Å². The lowest BCUT2D eigenvalue weighted by molar-refractivity contribution is -0.124. The molecule has 0 aliphatic carbocycles. The molecule has 0 bridgehead atoms. The molecule has 0 radical (unpaired) electrons. The van der Waals surface area contributed by atoms with Crippen molar-refractivity contribution in [3.8, 4) is 11.4 Å². The monoisotopic (exact) mass is 300 g/mol. The van der Waals surface area contributed by atoms with Crippen LogP contribution in [0.1, 0.15) is 12.5 Å². The predicted octanol–water partition coefficient (Wildman–Crippen LogP) is 1.99. The number of amides is 1. The molecule has 0 aliphatic heterocycles. The highest BCUT2D eigenvalue weighted by atomic mass is 16.1. The van der Waals surface area contributed by atoms with Crippen LogP contribution in [-0.4, -0.2) is 41.5 Å². The van der Waals surface area contributed by atoms with Crippen LogP contribution >= 0.6 is 0 Å². The summed E-state index contributed by atoms with van der Waals surface area (Å²) in [7, 11) is 5.77. The zero-order chi connectivity index (χ0) is 16.1. The number of hydrogen-bond acceptors (Lipinski definition) is 3. The van der Waals surface area contributed by atoms with Gasteiger partial charge in [-0.15, -0.1) is 0 Å². The molecule has 5 heteroatoms. The van der Waals surface area contributed by atoms with Gasteiger partial charge in [-0.3, -0.25) is 4.79 Å². The quantitative estimate of drug-likeness (QED) is 0.887. The minimum Gasteiger partial charge on any atom is -0.359 e. The van der Waals surface area contributed by atoms with Crippen molar-refractivity contribution in [1.82, 2.24) is 19.8 Å². The van der Waals surface area contributed by atoms with Crippen molar-refractivity contribution in [2.24, 2.45) is 5.92 Å². The fraction of sp³-hybridized carbons (Fsp3) is 0.412. The van der Waals surface area contributed by atoms with E-state index in [9.17, 15) is 4.79 Å². The minimum atomic E-state index is -0.0945. The normalized spacial score (nSPS) is 12.4. The third-order valence-corrected chi connectivity index (χ3v) is 3.56. The van der Waals surface area contributed by atoms with E-state index in [1.165, 1.54) is 5.56 Å². The number of rotatable bonds is 6. The number of carbonyl (C=O) groups excluding carboxylic acids is 1. The molecule has 1 unspecified atom stereocenters. The van der Waals surface area contributed by atoms with Gasteiger partial charge in [0.1, 0.15) is 5.82 Å². The Morgan fingerprint density at radius 2 is 2.18 bits per heavy atom. The summed E-state index contributed by atoms with van der Waals surface area (Å²) in [6, 6.07) is 8.38. The Kier molecular flexibility index (Phi) is 5.33. The SMILES string of the molecule is CNC(=O)C(C)Cn1ccnc1-c1cccc(CN(C)C)c1. The van der Waals surface area contributed by atoms with Gasteiger partial charge in [0.2, 0.25) is 5.91 Å². The summed E-state index contributed by atoms with van der Waals surface area (Å²) in [5.74, 6) is 0.847. The molecule has 0 saturated heterocycles. The summed E-state index contributed by atoms with van der Waals surface area (Å²) >= 11 is 0. The summed E-state index contributed by atoms with van der Waals surface area (Å²) in [6.45, 7) is 3.43. The van der Waals surface area contributed by atoms with Crippen LogP contribution in [0.15, 0.2) is 36.7 Å². The van der Waals surface area contributed by atoms with Crippen LogP contribution in [0.25, 0.3) is 11.4 Å². The van der Waals surface area contributed by atoms with E-state index in [1.807, 2.05) is 17.7 Å². The highest BCUT2D eigenvalue weighted by molar-refractivity contribution is 5.77. The Bertz CT molecular complexity index is 633. The number of hydrogen-bond donors (Lipinski definition) is 1. The number of imidazole rings is 1. The van der Waals surface area contributed by atoms with E-state index in [0.717, 1.165) is 17.9 Å². The van der Waals surface area contributed by atoms with E-state index in [-0.39, 0.29) is 11.8 Å². The van der Waals surface area contributed by atoms with Crippen LogP contribution < -0.4 is 5.32 Å². The molecule has 1 atom stereocenters. The summed E-state index contributed by atoms with van der Waals surface area (Å²) < 4.78 is 2.04. The van der Waals surface area contributed by atoms with Gasteiger partial charge in [0.05, 0.1) is 5.92 Å². The fourth-order valence-corrected chi connectivity index (χ4v) is 2.52. The van der Waals surface area contributed by atoms with E-state index < -0.39 is 0 Å². The van der Waals surface area contributed by atoms with Crippen LogP contribution in [0, 0.1) is 5.92 Å². The number of nitrogens with one attached hydrogen (secondary N) is 1. The average molecular weight is 300 g/mol. The summed E-state index contributed by atoms with van der Waals surface area (Å²) in [6.07, 6.45) is 3.71. The van der Waals surface area contributed by atoms with Crippen molar-refractivity contribution >= 4 is 5.91 Å². The van der Waals surface area contributed by atoms with E-state index in [2.05, 4.69) is 53.6 Å². The van der Waals surface area contributed by atoms with Crippen LogP contribution in [0.5, 0.6) is 0 Å². The molecule has 118 valence electrons. The van der Waals surface area contributed by atoms with Gasteiger partial charge in [0.15, 0.2) is 0 Å². The first-order chi connectivity index (χ1) is 10.5. The standard InChI is InChI=1S/C17H24N4O/c1-13(17(22)18-2)11-21-9-8-19-16(21)15-7-5-6-14(10-15)12-20(3)4/h5-10,13H,11-12H2,1-4H3,(H,18,22). The molecular weight excluding hydrogens is 276 g/mol. The predicted molar refractivity (Wildman–Crippen MR) is 88.3 cm³/mol. The molecule has 1 N–H and O–H groups in total. The lowest BCUT2D eigenvalue weighted by atomic mass is 10.1. The number of aromatic nitrogens is 2. The first-order valence-electron chi connectivity index (χ1n) is 7.48. The molecule has 1 amide bonds. The molecule has 1 aromatic heterocycles. The molecule has 1 heterocycles. The van der Waals surface area contributed by atoms with Gasteiger partial charge >= 0.3 is 0 Å². The van der Waals surface area contributed by atoms with Gasteiger partial charge < -0.3 is 14.8 Å². The first-order valence-corrected chi connectivity index (χ1v) is 7.48. The van der Waals surface area contributed by atoms with Crippen molar-refractivity contribution in [3.05, 3.63) is 42.2 Å². The number of benzene rings is 1. The Morgan fingerprint density at radius 1 is 1.41 bits per heavy atom. The Balaban J connectivity index is 2.23. The third kappa shape index (κ3) is 3.95. The van der Waals surface area contributed by atoms with Crippen molar-refractivity contribution in [3.63, 3.8) is 0 Å². The maximum Gasteiger partial charge on any atom is 0.224 e. The lowest BCUT2D eigenvalue weighted by Crippen LogP contribution is -2.28. The zero-order valence-electron chi connectivity index (χ0n) is 13.7. The maximum absolute atomic E-state index is 11.7. The van der Waals surface area contributed by atoms with Crippen LogP contribution in [-0.2, 0) is 17.9 Å². The van der Waals surface area contributed by atoms with Crippen molar-refractivity contribution in [2.45, 2.75) is 20.0 Å². The van der Waals surface area contributed by atoms with Crippen molar-refractivity contribution < 1.29 is 4.79 Å². The maximum atomic E-state index is 11.7. The topological polar surface area (TPSA) is 50.2 Å². The van der Waals surface area contributed by atoms with Gasteiger partial charge in [0, 0.05) is 38.1 Å². The second-order valence-electron chi connectivity index (χ2n) is 5.86. The zero-order valence-corrected chi connectivity index (χ0v) is 13.7. The fourth-order valence-electron chi connectivity index (χ4n) is 2.52. The highest BCUT2D eigenvalue weighted by Gasteiger charge is 2.14. The summed E-state index contributed by atoms with van der Waals surface area (Å²) in [5, 5.41) is 2.69. The van der Waals surface area contributed by atoms with Gasteiger partial charge in [0.25, 0.3) is 0 Å².